The summed E-state index contributed by atoms with van der Waals surface area (Å²) in [7, 11) is -2.96. The number of hydrogen-bond acceptors (Lipinski definition) is 3. The molecule has 0 radical (unpaired) electrons. The minimum atomic E-state index is -2.96. The molecule has 6 rings (SSSR count). The molecule has 0 fully saturated rings. The number of halogens is 17. The smallest absolute Gasteiger partial charge is 0.509 e. The van der Waals surface area contributed by atoms with Crippen molar-refractivity contribution < 1.29 is 89.3 Å². The normalized spacial score (nSPS) is 11.3. The van der Waals surface area contributed by atoms with Crippen molar-refractivity contribution in [2.45, 2.75) is 0 Å². The second-order valence-electron chi connectivity index (χ2n) is 10.3. The Morgan fingerprint density at radius 2 is 0.774 bits per heavy atom. The number of fused-ring (bicyclic) bond motifs is 2. The number of rotatable bonds is 4. The predicted molar refractivity (Wildman–Crippen MR) is 149 cm³/mol. The maximum Gasteiger partial charge on any atom is 0.707 e. The van der Waals surface area contributed by atoms with Gasteiger partial charge in [0.1, 0.15) is 17.5 Å². The van der Waals surface area contributed by atoms with E-state index in [4.69, 9.17) is 10.0 Å². The van der Waals surface area contributed by atoms with Crippen LogP contribution < -0.4 is 4.65 Å². The van der Waals surface area contributed by atoms with Gasteiger partial charge in [-0.3, -0.25) is 0 Å². The highest BCUT2D eigenvalue weighted by molar-refractivity contribution is 6.34. The minimum absolute atomic E-state index is 0.250. The lowest BCUT2D eigenvalue weighted by molar-refractivity contribution is 0.280. The average Bonchev–Trinajstić information content (AvgIpc) is 3.11. The zero-order valence-electron chi connectivity index (χ0n) is 24.8. The van der Waals surface area contributed by atoms with Crippen molar-refractivity contribution >= 4 is 28.9 Å². The zero-order valence-corrected chi connectivity index (χ0v) is 24.8. The highest BCUT2D eigenvalue weighted by Gasteiger charge is 2.35. The van der Waals surface area contributed by atoms with E-state index < -0.39 is 156 Å². The molecule has 6 aromatic rings. The van der Waals surface area contributed by atoms with Crippen LogP contribution >= 0.6 is 0 Å². The Hall–Kier alpha value is -5.57. The first kappa shape index (κ1) is 38.7. The molecule has 0 heterocycles. The molecule has 21 heteroatoms. The molecule has 0 bridgehead atoms. The van der Waals surface area contributed by atoms with Crippen LogP contribution in [0.1, 0.15) is 0 Å². The highest BCUT2D eigenvalue weighted by atomic mass is 19.2. The third-order valence-corrected chi connectivity index (χ3v) is 7.34. The molecular weight excluding hydrogens is 766 g/mol. The van der Waals surface area contributed by atoms with Crippen molar-refractivity contribution in [3.05, 3.63) is 135 Å². The SMILES string of the molecule is Fc1cc(F)c(F)c(-c2ccccc2-c2c(F)c(F)c(F)c(F)c2F)c1.OB(O)Oc1c(F)c(F)c(F)c2c(F)c3c(F)c(F)c(F)c(F)c3c(F)c12. The van der Waals surface area contributed by atoms with Gasteiger partial charge >= 0.3 is 7.32 Å². The summed E-state index contributed by atoms with van der Waals surface area (Å²) < 4.78 is 238. The molecule has 0 aliphatic heterocycles. The van der Waals surface area contributed by atoms with E-state index in [0.717, 1.165) is 12.1 Å². The first-order chi connectivity index (χ1) is 24.7. The van der Waals surface area contributed by atoms with Crippen LogP contribution in [0.5, 0.6) is 5.75 Å². The standard InChI is InChI=1S/C18H6F8.C14H2BF9O3/c19-7-5-10(13(21)11(20)6-7)8-3-1-2-4-9(8)12-14(22)16(24)18(26)17(25)15(12)23;16-5-1-2(8(19)11(22)10(21)7(1)18)6(17)4-3(5)9(20)12(23)13(24)14(4)27-15(25)26/h1-6H;25-26H. The van der Waals surface area contributed by atoms with Gasteiger partial charge < -0.3 is 14.7 Å². The van der Waals surface area contributed by atoms with Crippen LogP contribution in [0, 0.1) is 98.9 Å². The van der Waals surface area contributed by atoms with Gasteiger partial charge in [-0.25, -0.2) is 70.2 Å². The molecule has 276 valence electrons. The Morgan fingerprint density at radius 1 is 0.377 bits per heavy atom. The number of benzene rings is 6. The third kappa shape index (κ3) is 6.22. The third-order valence-electron chi connectivity index (χ3n) is 7.34. The fourth-order valence-corrected chi connectivity index (χ4v) is 5.09. The summed E-state index contributed by atoms with van der Waals surface area (Å²) in [6, 6.07) is 5.20. The second kappa shape index (κ2) is 14.1. The quantitative estimate of drug-likeness (QED) is 0.0617. The fraction of sp³-hybridized carbons (Fsp3) is 0. The minimum Gasteiger partial charge on any atom is -0.509 e. The summed E-state index contributed by atoms with van der Waals surface area (Å²) in [6.45, 7) is 0. The topological polar surface area (TPSA) is 49.7 Å². The van der Waals surface area contributed by atoms with E-state index in [9.17, 15) is 74.6 Å². The predicted octanol–water partition coefficient (Wildman–Crippen LogP) is 9.73. The molecule has 0 saturated heterocycles. The Morgan fingerprint density at radius 3 is 1.26 bits per heavy atom. The molecule has 0 aliphatic rings. The molecule has 0 unspecified atom stereocenters. The first-order valence-corrected chi connectivity index (χ1v) is 13.7. The van der Waals surface area contributed by atoms with Crippen molar-refractivity contribution in [1.29, 1.82) is 0 Å². The molecule has 53 heavy (non-hydrogen) atoms. The van der Waals surface area contributed by atoms with Crippen LogP contribution in [-0.4, -0.2) is 17.4 Å². The van der Waals surface area contributed by atoms with E-state index in [1.807, 2.05) is 0 Å². The summed E-state index contributed by atoms with van der Waals surface area (Å²) >= 11 is 0. The van der Waals surface area contributed by atoms with Gasteiger partial charge in [0.25, 0.3) is 0 Å². The van der Waals surface area contributed by atoms with Gasteiger partial charge in [-0.1, -0.05) is 24.3 Å². The molecule has 0 spiro atoms. The maximum atomic E-state index is 14.6. The maximum absolute atomic E-state index is 14.6. The van der Waals surface area contributed by atoms with E-state index >= 15 is 0 Å². The van der Waals surface area contributed by atoms with E-state index in [-0.39, 0.29) is 6.07 Å². The van der Waals surface area contributed by atoms with Crippen LogP contribution in [0.4, 0.5) is 74.6 Å². The van der Waals surface area contributed by atoms with Gasteiger partial charge in [0.05, 0.1) is 27.1 Å². The van der Waals surface area contributed by atoms with E-state index in [0.29, 0.717) is 6.07 Å². The van der Waals surface area contributed by atoms with Gasteiger partial charge in [0.2, 0.25) is 11.6 Å². The van der Waals surface area contributed by atoms with Crippen LogP contribution in [-0.2, 0) is 0 Å². The first-order valence-electron chi connectivity index (χ1n) is 13.7. The van der Waals surface area contributed by atoms with Crippen molar-refractivity contribution in [2.75, 3.05) is 0 Å². The van der Waals surface area contributed by atoms with E-state index in [2.05, 4.69) is 4.65 Å². The van der Waals surface area contributed by atoms with E-state index in [1.165, 1.54) is 12.1 Å². The fourth-order valence-electron chi connectivity index (χ4n) is 5.09. The summed E-state index contributed by atoms with van der Waals surface area (Å²) in [6.07, 6.45) is 0. The Labute approximate surface area is 281 Å². The number of hydrogen-bond donors (Lipinski definition) is 2. The van der Waals surface area contributed by atoms with E-state index in [1.54, 1.807) is 0 Å². The van der Waals surface area contributed by atoms with Crippen molar-refractivity contribution in [2.24, 2.45) is 0 Å². The summed E-state index contributed by atoms with van der Waals surface area (Å²) in [4.78, 5) is 0. The Bertz CT molecular complexity index is 2480. The molecular formula is C32H8BF17O3. The van der Waals surface area contributed by atoms with Gasteiger partial charge in [-0.15, -0.1) is 0 Å². The molecule has 6 aromatic carbocycles. The summed E-state index contributed by atoms with van der Waals surface area (Å²) in [5.41, 5.74) is -3.14. The summed E-state index contributed by atoms with van der Waals surface area (Å²) in [5, 5.41) is 9.96. The molecule has 0 saturated carbocycles. The van der Waals surface area contributed by atoms with Crippen LogP contribution in [0.2, 0.25) is 0 Å². The Balaban J connectivity index is 0.000000204. The van der Waals surface area contributed by atoms with Crippen molar-refractivity contribution in [3.8, 4) is 28.0 Å². The highest BCUT2D eigenvalue weighted by Crippen LogP contribution is 2.43. The molecule has 2 N–H and O–H groups in total. The summed E-state index contributed by atoms with van der Waals surface area (Å²) in [5.74, 6) is -39.1. The van der Waals surface area contributed by atoms with Gasteiger partial charge in [-0.2, -0.15) is 4.39 Å². The lowest BCUT2D eigenvalue weighted by Crippen LogP contribution is -2.22. The van der Waals surface area contributed by atoms with Gasteiger partial charge in [0, 0.05) is 11.6 Å². The average molecular weight is 774 g/mol. The van der Waals surface area contributed by atoms with Crippen LogP contribution in [0.3, 0.4) is 0 Å². The van der Waals surface area contributed by atoms with Crippen molar-refractivity contribution in [3.63, 3.8) is 0 Å². The molecule has 0 amide bonds. The van der Waals surface area contributed by atoms with Gasteiger partial charge in [-0.05, 0) is 17.2 Å². The zero-order chi connectivity index (χ0) is 39.5. The second-order valence-corrected chi connectivity index (χ2v) is 10.3. The van der Waals surface area contributed by atoms with Crippen molar-refractivity contribution in [1.82, 2.24) is 0 Å². The van der Waals surface area contributed by atoms with Crippen LogP contribution in [0.25, 0.3) is 43.8 Å². The largest absolute Gasteiger partial charge is 0.707 e. The molecule has 0 aliphatic carbocycles. The van der Waals surface area contributed by atoms with Gasteiger partial charge in [0.15, 0.2) is 75.6 Å². The Kier molecular flexibility index (Phi) is 10.3. The molecule has 0 aromatic heterocycles. The monoisotopic (exact) mass is 774 g/mol. The van der Waals surface area contributed by atoms with Crippen LogP contribution in [0.15, 0.2) is 36.4 Å². The molecule has 0 atom stereocenters. The lowest BCUT2D eigenvalue weighted by atomic mass is 9.93. The molecule has 3 nitrogen and oxygen atoms in total. The lowest BCUT2D eigenvalue weighted by Gasteiger charge is -2.16.